The summed E-state index contributed by atoms with van der Waals surface area (Å²) >= 11 is 0. The molecule has 0 amide bonds. The summed E-state index contributed by atoms with van der Waals surface area (Å²) in [5.41, 5.74) is 4.17. The lowest BCUT2D eigenvalue weighted by molar-refractivity contribution is 0.180. The summed E-state index contributed by atoms with van der Waals surface area (Å²) in [6, 6.07) is 14.1. The lowest BCUT2D eigenvalue weighted by Crippen LogP contribution is -1.93. The van der Waals surface area contributed by atoms with Gasteiger partial charge in [-0.25, -0.2) is 0 Å². The van der Waals surface area contributed by atoms with Crippen molar-refractivity contribution < 1.29 is 5.11 Å². The van der Waals surface area contributed by atoms with E-state index >= 15 is 0 Å². The average Bonchev–Trinajstić information content (AvgIpc) is 2.72. The standard InChI is InChI=1S/C14H13NO/c16-14-9-8-13-11(14)6-7-12(15-13)10-4-2-1-3-5-10/h1-7,14,16H,8-9H2. The normalized spacial score (nSPS) is 18.4. The molecule has 0 aliphatic heterocycles. The van der Waals surface area contributed by atoms with E-state index in [-0.39, 0.29) is 6.10 Å². The quantitative estimate of drug-likeness (QED) is 0.786. The third kappa shape index (κ3) is 1.51. The van der Waals surface area contributed by atoms with E-state index in [1.54, 1.807) is 0 Å². The minimum Gasteiger partial charge on any atom is -0.388 e. The van der Waals surface area contributed by atoms with E-state index in [4.69, 9.17) is 0 Å². The topological polar surface area (TPSA) is 33.1 Å². The molecular formula is C14H13NO. The number of nitrogens with zero attached hydrogens (tertiary/aromatic N) is 1. The first-order valence-corrected chi connectivity index (χ1v) is 5.58. The van der Waals surface area contributed by atoms with Crippen molar-refractivity contribution in [2.45, 2.75) is 18.9 Å². The molecule has 1 heterocycles. The molecule has 16 heavy (non-hydrogen) atoms. The second-order valence-corrected chi connectivity index (χ2v) is 4.15. The van der Waals surface area contributed by atoms with Crippen molar-refractivity contribution in [3.63, 3.8) is 0 Å². The zero-order valence-electron chi connectivity index (χ0n) is 8.93. The van der Waals surface area contributed by atoms with Gasteiger partial charge in [0, 0.05) is 16.8 Å². The lowest BCUT2D eigenvalue weighted by Gasteiger charge is -2.05. The van der Waals surface area contributed by atoms with E-state index in [0.29, 0.717) is 0 Å². The van der Waals surface area contributed by atoms with Gasteiger partial charge in [0.05, 0.1) is 11.8 Å². The van der Waals surface area contributed by atoms with Gasteiger partial charge in [-0.2, -0.15) is 0 Å². The van der Waals surface area contributed by atoms with Crippen LogP contribution in [-0.4, -0.2) is 10.1 Å². The Balaban J connectivity index is 2.06. The van der Waals surface area contributed by atoms with Crippen LogP contribution in [0, 0.1) is 0 Å². The summed E-state index contributed by atoms with van der Waals surface area (Å²) in [5, 5.41) is 9.70. The van der Waals surface area contributed by atoms with Crippen LogP contribution in [0.1, 0.15) is 23.8 Å². The Hall–Kier alpha value is -1.67. The van der Waals surface area contributed by atoms with Crippen molar-refractivity contribution >= 4 is 0 Å². The van der Waals surface area contributed by atoms with Gasteiger partial charge in [-0.15, -0.1) is 0 Å². The molecule has 0 bridgehead atoms. The Kier molecular flexibility index (Phi) is 2.22. The third-order valence-corrected chi connectivity index (χ3v) is 3.09. The van der Waals surface area contributed by atoms with Gasteiger partial charge in [0.2, 0.25) is 0 Å². The zero-order chi connectivity index (χ0) is 11.0. The first-order chi connectivity index (χ1) is 7.84. The molecule has 0 radical (unpaired) electrons. The Bertz CT molecular complexity index is 507. The van der Waals surface area contributed by atoms with Gasteiger partial charge in [0.15, 0.2) is 0 Å². The summed E-state index contributed by atoms with van der Waals surface area (Å²) in [6.07, 6.45) is 1.38. The highest BCUT2D eigenvalue weighted by Gasteiger charge is 2.21. The molecule has 0 saturated carbocycles. The molecule has 2 heteroatoms. The lowest BCUT2D eigenvalue weighted by atomic mass is 10.1. The predicted molar refractivity (Wildman–Crippen MR) is 63.0 cm³/mol. The van der Waals surface area contributed by atoms with E-state index in [2.05, 4.69) is 17.1 Å². The summed E-state index contributed by atoms with van der Waals surface area (Å²) in [7, 11) is 0. The minimum absolute atomic E-state index is 0.313. The summed E-state index contributed by atoms with van der Waals surface area (Å²) in [5.74, 6) is 0. The molecular weight excluding hydrogens is 198 g/mol. The van der Waals surface area contributed by atoms with Gasteiger partial charge >= 0.3 is 0 Å². The van der Waals surface area contributed by atoms with Crippen LogP contribution in [0.3, 0.4) is 0 Å². The number of aliphatic hydroxyl groups is 1. The first-order valence-electron chi connectivity index (χ1n) is 5.58. The number of aliphatic hydroxyl groups excluding tert-OH is 1. The Labute approximate surface area is 94.6 Å². The van der Waals surface area contributed by atoms with Crippen LogP contribution in [0.2, 0.25) is 0 Å². The Morgan fingerprint density at radius 2 is 1.88 bits per heavy atom. The number of pyridine rings is 1. The molecule has 1 aliphatic carbocycles. The zero-order valence-corrected chi connectivity index (χ0v) is 8.93. The average molecular weight is 211 g/mol. The van der Waals surface area contributed by atoms with Crippen molar-refractivity contribution in [3.05, 3.63) is 53.7 Å². The summed E-state index contributed by atoms with van der Waals surface area (Å²) in [6.45, 7) is 0. The molecule has 0 fully saturated rings. The fourth-order valence-electron chi connectivity index (χ4n) is 2.21. The summed E-state index contributed by atoms with van der Waals surface area (Å²) in [4.78, 5) is 4.61. The van der Waals surface area contributed by atoms with E-state index < -0.39 is 0 Å². The molecule has 3 rings (SSSR count). The number of fused-ring (bicyclic) bond motifs is 1. The van der Waals surface area contributed by atoms with Crippen molar-refractivity contribution in [2.75, 3.05) is 0 Å². The first kappa shape index (κ1) is 9.55. The van der Waals surface area contributed by atoms with Crippen LogP contribution in [0.5, 0.6) is 0 Å². The smallest absolute Gasteiger partial charge is 0.0811 e. The van der Waals surface area contributed by atoms with E-state index in [1.807, 2.05) is 30.3 Å². The Morgan fingerprint density at radius 1 is 1.06 bits per heavy atom. The van der Waals surface area contributed by atoms with Crippen molar-refractivity contribution in [1.29, 1.82) is 0 Å². The predicted octanol–water partition coefficient (Wildman–Crippen LogP) is 2.73. The van der Waals surface area contributed by atoms with Crippen LogP contribution in [0.4, 0.5) is 0 Å². The third-order valence-electron chi connectivity index (χ3n) is 3.09. The molecule has 80 valence electrons. The fraction of sp³-hybridized carbons (Fsp3) is 0.214. The van der Waals surface area contributed by atoms with Gasteiger partial charge in [0.25, 0.3) is 0 Å². The fourth-order valence-corrected chi connectivity index (χ4v) is 2.21. The summed E-state index contributed by atoms with van der Waals surface area (Å²) < 4.78 is 0. The van der Waals surface area contributed by atoms with Gasteiger partial charge < -0.3 is 5.11 Å². The highest BCUT2D eigenvalue weighted by Crippen LogP contribution is 2.31. The van der Waals surface area contributed by atoms with Crippen LogP contribution < -0.4 is 0 Å². The molecule has 0 spiro atoms. The second-order valence-electron chi connectivity index (χ2n) is 4.15. The van der Waals surface area contributed by atoms with E-state index in [1.165, 1.54) is 0 Å². The van der Waals surface area contributed by atoms with E-state index in [9.17, 15) is 5.11 Å². The van der Waals surface area contributed by atoms with Gasteiger partial charge in [-0.1, -0.05) is 36.4 Å². The second kappa shape index (κ2) is 3.72. The number of hydrogen-bond donors (Lipinski definition) is 1. The largest absolute Gasteiger partial charge is 0.388 e. The maximum atomic E-state index is 9.70. The highest BCUT2D eigenvalue weighted by atomic mass is 16.3. The minimum atomic E-state index is -0.313. The molecule has 1 unspecified atom stereocenters. The van der Waals surface area contributed by atoms with Gasteiger partial charge in [-0.05, 0) is 18.9 Å². The van der Waals surface area contributed by atoms with Crippen LogP contribution >= 0.6 is 0 Å². The number of hydrogen-bond acceptors (Lipinski definition) is 2. The van der Waals surface area contributed by atoms with Gasteiger partial charge in [0.1, 0.15) is 0 Å². The number of benzene rings is 1. The highest BCUT2D eigenvalue weighted by molar-refractivity contribution is 5.59. The number of aryl methyl sites for hydroxylation is 1. The van der Waals surface area contributed by atoms with Crippen molar-refractivity contribution in [2.24, 2.45) is 0 Å². The molecule has 2 aromatic rings. The van der Waals surface area contributed by atoms with E-state index in [0.717, 1.165) is 35.4 Å². The Morgan fingerprint density at radius 3 is 2.69 bits per heavy atom. The van der Waals surface area contributed by atoms with Crippen molar-refractivity contribution in [3.8, 4) is 11.3 Å². The molecule has 1 atom stereocenters. The van der Waals surface area contributed by atoms with Crippen molar-refractivity contribution in [1.82, 2.24) is 4.98 Å². The maximum Gasteiger partial charge on any atom is 0.0811 e. The molecule has 1 aliphatic rings. The number of aromatic nitrogens is 1. The van der Waals surface area contributed by atoms with Crippen LogP contribution in [0.25, 0.3) is 11.3 Å². The molecule has 1 aromatic heterocycles. The SMILES string of the molecule is OC1CCc2nc(-c3ccccc3)ccc21. The van der Waals surface area contributed by atoms with Crippen LogP contribution in [0.15, 0.2) is 42.5 Å². The number of rotatable bonds is 1. The molecule has 1 N–H and O–H groups in total. The molecule has 1 aromatic carbocycles. The monoisotopic (exact) mass is 211 g/mol. The molecule has 0 saturated heterocycles. The van der Waals surface area contributed by atoms with Gasteiger partial charge in [-0.3, -0.25) is 4.98 Å². The maximum absolute atomic E-state index is 9.70. The van der Waals surface area contributed by atoms with Crippen LogP contribution in [-0.2, 0) is 6.42 Å². The molecule has 2 nitrogen and oxygen atoms in total.